The molecule has 0 spiro atoms. The Balaban J connectivity index is 5.28. The molecule has 0 saturated carbocycles. The lowest BCUT2D eigenvalue weighted by Crippen LogP contribution is -2.30. The summed E-state index contributed by atoms with van der Waals surface area (Å²) in [5.41, 5.74) is 0. The molecule has 0 aliphatic carbocycles. The maximum atomic E-state index is 13.1. The number of phosphoric acid groups is 2. The highest BCUT2D eigenvalue weighted by Gasteiger charge is 2.30. The van der Waals surface area contributed by atoms with Gasteiger partial charge in [-0.2, -0.15) is 0 Å². The van der Waals surface area contributed by atoms with Crippen LogP contribution < -0.4 is 0 Å². The molecule has 2 unspecified atom stereocenters. The summed E-state index contributed by atoms with van der Waals surface area (Å²) in [6.07, 6.45) is 64.4. The monoisotopic (exact) mass is 1410 g/mol. The molecule has 0 aromatic carbocycles. The summed E-state index contributed by atoms with van der Waals surface area (Å²) in [6, 6.07) is 0. The average molecular weight is 1410 g/mol. The normalized spacial score (nSPS) is 14.0. The third-order valence-electron chi connectivity index (χ3n) is 17.4. The Labute approximate surface area is 586 Å². The first kappa shape index (κ1) is 93.5. The molecule has 0 aromatic rings. The van der Waals surface area contributed by atoms with Crippen molar-refractivity contribution in [2.75, 3.05) is 39.6 Å². The third kappa shape index (κ3) is 70.0. The second kappa shape index (κ2) is 71.0. The molecule has 0 aromatic heterocycles. The fourth-order valence-electron chi connectivity index (χ4n) is 11.4. The molecule has 19 heteroatoms. The first-order valence-electron chi connectivity index (χ1n) is 39.6. The maximum absolute atomic E-state index is 13.1. The predicted octanol–water partition coefficient (Wildman–Crippen LogP) is 22.6. The van der Waals surface area contributed by atoms with Gasteiger partial charge >= 0.3 is 39.5 Å². The van der Waals surface area contributed by atoms with E-state index in [0.717, 1.165) is 116 Å². The summed E-state index contributed by atoms with van der Waals surface area (Å²) in [6.45, 7) is 4.94. The number of ether oxygens (including phenoxy) is 4. The second-order valence-corrected chi connectivity index (χ2v) is 29.9. The van der Waals surface area contributed by atoms with Crippen molar-refractivity contribution in [1.29, 1.82) is 0 Å². The van der Waals surface area contributed by atoms with Gasteiger partial charge in [0.05, 0.1) is 26.4 Å². The standard InChI is InChI=1S/C77H146O17P2/c1-5-9-13-17-21-25-29-33-35-39-41-45-49-53-57-61-74(79)87-67-72(93-76(81)63-59-55-51-47-43-37-31-27-23-19-15-11-7-3)69-91-95(83,84)89-65-71(78)66-90-96(85,86)92-70-73(94-77(82)64-60-56-52-48-44-38-32-28-24-20-16-12-8-4)68-88-75(80)62-58-54-50-46-42-40-36-34-30-26-22-18-14-10-6-2/h21,25,33,35,71-73,78H,5-20,22-24,26-32,34,36-70H2,1-4H3,(H,83,84)(H,85,86)/b25-21-,35-33-/t71-,72-,73-/m1/s1. The molecule has 17 nitrogen and oxygen atoms in total. The SMILES string of the molecule is CCCCC/C=C\C/C=C\CCCCCCCC(=O)OC[C@H](COP(=O)(O)OC[C@@H](O)COP(=O)(O)OC[C@@H](COC(=O)CCCCCCCCCCCCCCCCC)OC(=O)CCCCCCCCCCCCCCC)OC(=O)CCCCCCCCCCCCCCC. The Morgan fingerprint density at radius 2 is 0.510 bits per heavy atom. The molecule has 0 saturated heterocycles. The van der Waals surface area contributed by atoms with Crippen molar-refractivity contribution in [3.8, 4) is 0 Å². The van der Waals surface area contributed by atoms with Gasteiger partial charge in [0.1, 0.15) is 19.3 Å². The number of allylic oxidation sites excluding steroid dienone is 4. The van der Waals surface area contributed by atoms with Crippen LogP contribution in [0.15, 0.2) is 24.3 Å². The van der Waals surface area contributed by atoms with E-state index in [1.165, 1.54) is 193 Å². The Hall–Kier alpha value is -2.46. The van der Waals surface area contributed by atoms with Crippen LogP contribution >= 0.6 is 15.6 Å². The van der Waals surface area contributed by atoms with Crippen LogP contribution in [0.4, 0.5) is 0 Å². The van der Waals surface area contributed by atoms with Crippen LogP contribution in [0.3, 0.4) is 0 Å². The van der Waals surface area contributed by atoms with Gasteiger partial charge in [0, 0.05) is 25.7 Å². The van der Waals surface area contributed by atoms with E-state index >= 15 is 0 Å². The number of aliphatic hydroxyl groups is 1. The van der Waals surface area contributed by atoms with Crippen LogP contribution in [0.2, 0.25) is 0 Å². The zero-order chi connectivity index (χ0) is 70.4. The Kier molecular flexibility index (Phi) is 69.1. The van der Waals surface area contributed by atoms with Crippen molar-refractivity contribution < 1.29 is 80.2 Å². The van der Waals surface area contributed by atoms with E-state index in [2.05, 4.69) is 52.0 Å². The first-order chi connectivity index (χ1) is 46.7. The molecule has 5 atom stereocenters. The summed E-state index contributed by atoms with van der Waals surface area (Å²) in [5.74, 6) is -2.14. The summed E-state index contributed by atoms with van der Waals surface area (Å²) in [7, 11) is -9.92. The van der Waals surface area contributed by atoms with Gasteiger partial charge in [-0.1, -0.05) is 328 Å². The third-order valence-corrected chi connectivity index (χ3v) is 19.4. The molecule has 0 heterocycles. The van der Waals surface area contributed by atoms with Gasteiger partial charge in [-0.15, -0.1) is 0 Å². The molecule has 0 bridgehead atoms. The molecule has 0 rings (SSSR count). The van der Waals surface area contributed by atoms with Gasteiger partial charge in [-0.3, -0.25) is 37.3 Å². The lowest BCUT2D eigenvalue weighted by atomic mass is 10.0. The number of hydrogen-bond donors (Lipinski definition) is 3. The molecule has 96 heavy (non-hydrogen) atoms. The van der Waals surface area contributed by atoms with E-state index in [0.29, 0.717) is 25.7 Å². The minimum atomic E-state index is -4.96. The van der Waals surface area contributed by atoms with Crippen molar-refractivity contribution in [3.63, 3.8) is 0 Å². The smallest absolute Gasteiger partial charge is 0.462 e. The maximum Gasteiger partial charge on any atom is 0.472 e. The number of aliphatic hydroxyl groups excluding tert-OH is 1. The minimum Gasteiger partial charge on any atom is -0.462 e. The molecule has 566 valence electrons. The van der Waals surface area contributed by atoms with E-state index in [9.17, 15) is 43.2 Å². The topological polar surface area (TPSA) is 237 Å². The van der Waals surface area contributed by atoms with Gasteiger partial charge in [-0.05, 0) is 57.8 Å². The number of rotatable bonds is 76. The number of esters is 4. The fourth-order valence-corrected chi connectivity index (χ4v) is 13.0. The second-order valence-electron chi connectivity index (χ2n) is 27.0. The predicted molar refractivity (Wildman–Crippen MR) is 391 cm³/mol. The number of unbranched alkanes of at least 4 members (excludes halogenated alkanes) is 46. The number of carbonyl (C=O) groups excluding carboxylic acids is 4. The lowest BCUT2D eigenvalue weighted by molar-refractivity contribution is -0.161. The molecular formula is C77H146O17P2. The highest BCUT2D eigenvalue weighted by molar-refractivity contribution is 7.47. The fraction of sp³-hybridized carbons (Fsp3) is 0.896. The van der Waals surface area contributed by atoms with Gasteiger partial charge < -0.3 is 33.8 Å². The quantitative estimate of drug-likeness (QED) is 0.0169. The number of phosphoric ester groups is 2. The van der Waals surface area contributed by atoms with Crippen molar-refractivity contribution in [2.45, 2.75) is 406 Å². The first-order valence-corrected chi connectivity index (χ1v) is 42.6. The van der Waals surface area contributed by atoms with Gasteiger partial charge in [0.2, 0.25) is 0 Å². The van der Waals surface area contributed by atoms with Gasteiger partial charge in [0.25, 0.3) is 0 Å². The molecule has 0 aliphatic heterocycles. The van der Waals surface area contributed by atoms with E-state index in [-0.39, 0.29) is 25.7 Å². The molecular weight excluding hydrogens is 1260 g/mol. The molecule has 3 N–H and O–H groups in total. The highest BCUT2D eigenvalue weighted by Crippen LogP contribution is 2.45. The van der Waals surface area contributed by atoms with E-state index in [4.69, 9.17) is 37.0 Å². The number of hydrogen-bond acceptors (Lipinski definition) is 15. The molecule has 0 fully saturated rings. The summed E-state index contributed by atoms with van der Waals surface area (Å²) in [4.78, 5) is 72.9. The van der Waals surface area contributed by atoms with E-state index in [1.807, 2.05) is 0 Å². The minimum absolute atomic E-state index is 0.102. The summed E-state index contributed by atoms with van der Waals surface area (Å²) in [5, 5.41) is 10.6. The van der Waals surface area contributed by atoms with Gasteiger partial charge in [0.15, 0.2) is 12.2 Å². The van der Waals surface area contributed by atoms with Crippen LogP contribution in [0.5, 0.6) is 0 Å². The Morgan fingerprint density at radius 3 is 0.792 bits per heavy atom. The van der Waals surface area contributed by atoms with Crippen molar-refractivity contribution in [3.05, 3.63) is 24.3 Å². The van der Waals surface area contributed by atoms with Crippen LogP contribution in [-0.2, 0) is 65.4 Å². The van der Waals surface area contributed by atoms with Crippen LogP contribution in [0.25, 0.3) is 0 Å². The largest absolute Gasteiger partial charge is 0.472 e. The molecule has 0 aliphatic rings. The molecule has 0 radical (unpaired) electrons. The zero-order valence-electron chi connectivity index (χ0n) is 61.8. The van der Waals surface area contributed by atoms with Crippen LogP contribution in [0.1, 0.15) is 387 Å². The van der Waals surface area contributed by atoms with Crippen molar-refractivity contribution in [1.82, 2.24) is 0 Å². The summed E-state index contributed by atoms with van der Waals surface area (Å²) >= 11 is 0. The van der Waals surface area contributed by atoms with Gasteiger partial charge in [-0.25, -0.2) is 9.13 Å². The number of carbonyl (C=O) groups is 4. The lowest BCUT2D eigenvalue weighted by Gasteiger charge is -2.21. The van der Waals surface area contributed by atoms with Crippen LogP contribution in [0, 0.1) is 0 Å². The van der Waals surface area contributed by atoms with E-state index < -0.39 is 97.5 Å². The average Bonchev–Trinajstić information content (AvgIpc) is 1.14. The van der Waals surface area contributed by atoms with Crippen molar-refractivity contribution in [2.24, 2.45) is 0 Å². The highest BCUT2D eigenvalue weighted by atomic mass is 31.2. The van der Waals surface area contributed by atoms with Crippen molar-refractivity contribution >= 4 is 39.5 Å². The zero-order valence-corrected chi connectivity index (χ0v) is 63.6. The van der Waals surface area contributed by atoms with Crippen LogP contribution in [-0.4, -0.2) is 96.7 Å². The molecule has 0 amide bonds. The van der Waals surface area contributed by atoms with E-state index in [1.54, 1.807) is 0 Å². The summed E-state index contributed by atoms with van der Waals surface area (Å²) < 4.78 is 68.6. The Bertz CT molecular complexity index is 1920. The Morgan fingerprint density at radius 1 is 0.292 bits per heavy atom.